The Morgan fingerprint density at radius 1 is 1.13 bits per heavy atom. The van der Waals surface area contributed by atoms with Crippen molar-refractivity contribution in [3.05, 3.63) is 67.8 Å². The molecule has 0 saturated heterocycles. The molecule has 0 saturated carbocycles. The highest BCUT2D eigenvalue weighted by Gasteiger charge is 2.17. The summed E-state index contributed by atoms with van der Waals surface area (Å²) >= 11 is 2.91. The van der Waals surface area contributed by atoms with E-state index in [9.17, 15) is 9.59 Å². The summed E-state index contributed by atoms with van der Waals surface area (Å²) in [5.41, 5.74) is 2.23. The van der Waals surface area contributed by atoms with E-state index < -0.39 is 0 Å². The average molecular weight is 453 g/mol. The van der Waals surface area contributed by atoms with Crippen LogP contribution in [-0.4, -0.2) is 28.5 Å². The van der Waals surface area contributed by atoms with Crippen LogP contribution in [0.1, 0.15) is 31.2 Å². The number of aromatic nitrogens is 6. The first kappa shape index (κ1) is 20.0. The lowest BCUT2D eigenvalue weighted by molar-refractivity contribution is 0.620. The monoisotopic (exact) mass is 452 g/mol. The van der Waals surface area contributed by atoms with Crippen LogP contribution in [0.2, 0.25) is 0 Å². The molecule has 0 unspecified atom stereocenters. The summed E-state index contributed by atoms with van der Waals surface area (Å²) in [5.74, 6) is 1.02. The molecule has 0 atom stereocenters. The number of thioether (sulfide) groups is 1. The minimum atomic E-state index is -0.0793. The fourth-order valence-electron chi connectivity index (χ4n) is 3.66. The maximum Gasteiger partial charge on any atom is 0.262 e. The van der Waals surface area contributed by atoms with E-state index in [1.54, 1.807) is 15.0 Å². The molecule has 4 aromatic heterocycles. The zero-order chi connectivity index (χ0) is 21.5. The minimum absolute atomic E-state index is 0.0475. The number of aryl methyl sites for hydroxylation is 2. The van der Waals surface area contributed by atoms with Crippen molar-refractivity contribution in [3.63, 3.8) is 0 Å². The van der Waals surface area contributed by atoms with Crippen LogP contribution < -0.4 is 11.1 Å². The number of fused-ring (bicyclic) bond motifs is 4. The van der Waals surface area contributed by atoms with Gasteiger partial charge in [-0.05, 0) is 25.5 Å². The van der Waals surface area contributed by atoms with Gasteiger partial charge in [-0.15, -0.1) is 21.5 Å². The minimum Gasteiger partial charge on any atom is -0.276 e. The Kier molecular flexibility index (Phi) is 5.11. The molecule has 5 rings (SSSR count). The van der Waals surface area contributed by atoms with Gasteiger partial charge in [0, 0.05) is 29.4 Å². The van der Waals surface area contributed by atoms with Crippen LogP contribution in [0.3, 0.4) is 0 Å². The van der Waals surface area contributed by atoms with Gasteiger partial charge in [-0.1, -0.05) is 37.2 Å². The molecule has 0 radical (unpaired) electrons. The van der Waals surface area contributed by atoms with E-state index >= 15 is 0 Å². The second kappa shape index (κ2) is 7.93. The predicted octanol–water partition coefficient (Wildman–Crippen LogP) is 3.51. The Hall–Kier alpha value is -2.98. The van der Waals surface area contributed by atoms with Crippen LogP contribution >= 0.6 is 23.1 Å². The molecule has 0 fully saturated rings. The molecule has 1 aromatic carbocycles. The van der Waals surface area contributed by atoms with Gasteiger partial charge in [0.15, 0.2) is 10.1 Å². The first-order valence-corrected chi connectivity index (χ1v) is 11.9. The fourth-order valence-corrected chi connectivity index (χ4v) is 5.38. The molecule has 4 heterocycles. The molecule has 0 amide bonds. The number of thiazole rings is 1. The van der Waals surface area contributed by atoms with E-state index in [1.807, 2.05) is 41.0 Å². The van der Waals surface area contributed by atoms with E-state index in [0.29, 0.717) is 39.3 Å². The summed E-state index contributed by atoms with van der Waals surface area (Å²) in [5, 5.41) is 11.9. The molecule has 0 aliphatic rings. The van der Waals surface area contributed by atoms with E-state index in [2.05, 4.69) is 22.1 Å². The van der Waals surface area contributed by atoms with Crippen molar-refractivity contribution < 1.29 is 0 Å². The second-order valence-corrected chi connectivity index (χ2v) is 9.09. The molecule has 0 aliphatic carbocycles. The molecular formula is C21H20N6O2S2. The van der Waals surface area contributed by atoms with E-state index in [0.717, 1.165) is 24.1 Å². The quantitative estimate of drug-likeness (QED) is 0.367. The third kappa shape index (κ3) is 3.35. The van der Waals surface area contributed by atoms with Gasteiger partial charge >= 0.3 is 0 Å². The molecule has 31 heavy (non-hydrogen) atoms. The number of nitrogens with zero attached hydrogens (tertiary/aromatic N) is 6. The lowest BCUT2D eigenvalue weighted by atomic mass is 10.2. The summed E-state index contributed by atoms with van der Waals surface area (Å²) in [6.45, 7) is 4.58. The Morgan fingerprint density at radius 2 is 1.97 bits per heavy atom. The number of unbranched alkanes of at least 4 members (excludes halogenated alkanes) is 1. The maximum absolute atomic E-state index is 13.0. The summed E-state index contributed by atoms with van der Waals surface area (Å²) in [4.78, 5) is 30.8. The van der Waals surface area contributed by atoms with Gasteiger partial charge in [-0.3, -0.25) is 23.0 Å². The first-order chi connectivity index (χ1) is 15.1. The van der Waals surface area contributed by atoms with E-state index in [4.69, 9.17) is 0 Å². The normalized spacial score (nSPS) is 11.8. The van der Waals surface area contributed by atoms with Crippen molar-refractivity contribution >= 4 is 44.7 Å². The van der Waals surface area contributed by atoms with Crippen LogP contribution in [0.15, 0.2) is 50.5 Å². The third-order valence-electron chi connectivity index (χ3n) is 5.19. The highest BCUT2D eigenvalue weighted by Crippen LogP contribution is 2.24. The van der Waals surface area contributed by atoms with Crippen LogP contribution in [0.5, 0.6) is 0 Å². The highest BCUT2D eigenvalue weighted by atomic mass is 32.2. The number of hydrogen-bond acceptors (Lipinski definition) is 7. The topological polar surface area (TPSA) is 86.6 Å². The summed E-state index contributed by atoms with van der Waals surface area (Å²) < 4.78 is 5.25. The largest absolute Gasteiger partial charge is 0.276 e. The van der Waals surface area contributed by atoms with Crippen molar-refractivity contribution in [2.24, 2.45) is 0 Å². The Balaban J connectivity index is 1.59. The van der Waals surface area contributed by atoms with Crippen molar-refractivity contribution in [2.45, 2.75) is 44.1 Å². The summed E-state index contributed by atoms with van der Waals surface area (Å²) in [6.07, 6.45) is 1.87. The fraction of sp³-hybridized carbons (Fsp3) is 0.286. The van der Waals surface area contributed by atoms with E-state index in [1.165, 1.54) is 23.1 Å². The average Bonchev–Trinajstić information content (AvgIpc) is 3.36. The molecule has 0 aliphatic heterocycles. The van der Waals surface area contributed by atoms with Crippen molar-refractivity contribution in [2.75, 3.05) is 0 Å². The SMILES string of the molecule is CCCCn1c(=O)c2ccccc2n2c(SCc3cc(=O)n4c(C)csc4n3)nnc12. The summed E-state index contributed by atoms with van der Waals surface area (Å²) in [7, 11) is 0. The van der Waals surface area contributed by atoms with Gasteiger partial charge in [0.25, 0.3) is 11.1 Å². The molecule has 0 N–H and O–H groups in total. The molecular weight excluding hydrogens is 432 g/mol. The third-order valence-corrected chi connectivity index (χ3v) is 7.10. The lowest BCUT2D eigenvalue weighted by Gasteiger charge is -2.10. The molecule has 5 aromatic rings. The van der Waals surface area contributed by atoms with Crippen LogP contribution in [0.4, 0.5) is 0 Å². The van der Waals surface area contributed by atoms with Gasteiger partial charge in [0.05, 0.1) is 16.6 Å². The Labute approximate surface area is 185 Å². The highest BCUT2D eigenvalue weighted by molar-refractivity contribution is 7.98. The number of para-hydroxylation sites is 1. The van der Waals surface area contributed by atoms with Gasteiger partial charge in [-0.2, -0.15) is 0 Å². The Morgan fingerprint density at radius 3 is 2.81 bits per heavy atom. The number of hydrogen-bond donors (Lipinski definition) is 0. The predicted molar refractivity (Wildman–Crippen MR) is 123 cm³/mol. The Bertz CT molecular complexity index is 1550. The van der Waals surface area contributed by atoms with Crippen LogP contribution in [0, 0.1) is 6.92 Å². The van der Waals surface area contributed by atoms with E-state index in [-0.39, 0.29) is 11.1 Å². The van der Waals surface area contributed by atoms with Gasteiger partial charge < -0.3 is 0 Å². The smallest absolute Gasteiger partial charge is 0.262 e. The van der Waals surface area contributed by atoms with Crippen molar-refractivity contribution in [3.8, 4) is 0 Å². The first-order valence-electron chi connectivity index (χ1n) is 10.0. The van der Waals surface area contributed by atoms with Gasteiger partial charge in [0.1, 0.15) is 0 Å². The standard InChI is InChI=1S/C21H20N6O2S2/c1-3-4-9-25-18(29)15-7-5-6-8-16(15)27-19(25)23-24-21(27)31-12-14-10-17(28)26-13(2)11-30-20(26)22-14/h5-8,10-11H,3-4,9,12H2,1-2H3. The van der Waals surface area contributed by atoms with Gasteiger partial charge in [0.2, 0.25) is 5.78 Å². The maximum atomic E-state index is 13.0. The van der Waals surface area contributed by atoms with Crippen LogP contribution in [0.25, 0.3) is 21.6 Å². The lowest BCUT2D eigenvalue weighted by Crippen LogP contribution is -2.23. The summed E-state index contributed by atoms with van der Waals surface area (Å²) in [6, 6.07) is 9.09. The molecule has 0 spiro atoms. The number of benzene rings is 1. The van der Waals surface area contributed by atoms with Gasteiger partial charge in [-0.25, -0.2) is 4.98 Å². The zero-order valence-electron chi connectivity index (χ0n) is 17.1. The molecule has 8 nitrogen and oxygen atoms in total. The molecule has 10 heteroatoms. The zero-order valence-corrected chi connectivity index (χ0v) is 18.7. The number of rotatable bonds is 6. The molecule has 158 valence electrons. The van der Waals surface area contributed by atoms with Crippen LogP contribution in [-0.2, 0) is 12.3 Å². The molecule has 0 bridgehead atoms. The second-order valence-electron chi connectivity index (χ2n) is 7.31. The van der Waals surface area contributed by atoms with Crippen molar-refractivity contribution in [1.82, 2.24) is 28.5 Å². The van der Waals surface area contributed by atoms with Crippen molar-refractivity contribution in [1.29, 1.82) is 0 Å².